The first-order valence-corrected chi connectivity index (χ1v) is 5.89. The van der Waals surface area contributed by atoms with E-state index in [4.69, 9.17) is 5.26 Å². The van der Waals surface area contributed by atoms with Crippen LogP contribution in [0.3, 0.4) is 0 Å². The molecular weight excluding hydrogens is 172 g/mol. The van der Waals surface area contributed by atoms with Crippen LogP contribution < -0.4 is 0 Å². The Morgan fingerprint density at radius 3 is 2.71 bits per heavy atom. The molecule has 0 radical (unpaired) electrons. The molecule has 0 saturated heterocycles. The molecule has 14 heavy (non-hydrogen) atoms. The summed E-state index contributed by atoms with van der Waals surface area (Å²) in [5.41, 5.74) is 0. The molecule has 0 spiro atoms. The van der Waals surface area contributed by atoms with Crippen LogP contribution in [0.1, 0.15) is 46.0 Å². The van der Waals surface area contributed by atoms with Crippen LogP contribution in [0.5, 0.6) is 0 Å². The van der Waals surface area contributed by atoms with Gasteiger partial charge in [0.2, 0.25) is 0 Å². The van der Waals surface area contributed by atoms with Crippen molar-refractivity contribution in [2.24, 2.45) is 5.92 Å². The summed E-state index contributed by atoms with van der Waals surface area (Å²) in [6.45, 7) is 6.74. The molecule has 0 bridgehead atoms. The summed E-state index contributed by atoms with van der Waals surface area (Å²) in [4.78, 5) is 2.52. The highest BCUT2D eigenvalue weighted by Crippen LogP contribution is 2.28. The number of nitriles is 1. The van der Waals surface area contributed by atoms with Gasteiger partial charge in [-0.2, -0.15) is 5.26 Å². The first kappa shape index (κ1) is 11.5. The third-order valence-electron chi connectivity index (χ3n) is 2.90. The molecule has 1 saturated carbocycles. The third kappa shape index (κ3) is 4.11. The highest BCUT2D eigenvalue weighted by atomic mass is 15.2. The molecule has 0 aromatic carbocycles. The second-order valence-corrected chi connectivity index (χ2v) is 4.53. The second kappa shape index (κ2) is 6.03. The van der Waals surface area contributed by atoms with Crippen LogP contribution in [0.15, 0.2) is 0 Å². The molecule has 1 atom stereocenters. The van der Waals surface area contributed by atoms with Gasteiger partial charge in [0.1, 0.15) is 0 Å². The summed E-state index contributed by atoms with van der Waals surface area (Å²) in [5, 5.41) is 8.58. The standard InChI is InChI=1S/C12H22N2/c1-3-5-11(2)10-14(9-4-8-13)12-6-7-12/h11-12H,3-7,9-10H2,1-2H3. The van der Waals surface area contributed by atoms with Crippen molar-refractivity contribution in [1.82, 2.24) is 4.90 Å². The molecule has 0 N–H and O–H groups in total. The Hall–Kier alpha value is -0.550. The third-order valence-corrected chi connectivity index (χ3v) is 2.90. The zero-order chi connectivity index (χ0) is 10.4. The largest absolute Gasteiger partial charge is 0.299 e. The Kier molecular flexibility index (Phi) is 4.97. The Balaban J connectivity index is 2.24. The summed E-state index contributed by atoms with van der Waals surface area (Å²) < 4.78 is 0. The van der Waals surface area contributed by atoms with Crippen molar-refractivity contribution in [2.75, 3.05) is 13.1 Å². The van der Waals surface area contributed by atoms with Crippen molar-refractivity contribution in [3.8, 4) is 6.07 Å². The summed E-state index contributed by atoms with van der Waals surface area (Å²) in [6, 6.07) is 3.05. The van der Waals surface area contributed by atoms with Crippen LogP contribution in [0.2, 0.25) is 0 Å². The monoisotopic (exact) mass is 194 g/mol. The van der Waals surface area contributed by atoms with Gasteiger partial charge in [-0.15, -0.1) is 0 Å². The molecule has 0 amide bonds. The van der Waals surface area contributed by atoms with Gasteiger partial charge in [0.15, 0.2) is 0 Å². The van der Waals surface area contributed by atoms with Gasteiger partial charge in [0.25, 0.3) is 0 Å². The summed E-state index contributed by atoms with van der Waals surface area (Å²) in [6.07, 6.45) is 5.98. The van der Waals surface area contributed by atoms with Crippen molar-refractivity contribution in [3.05, 3.63) is 0 Å². The summed E-state index contributed by atoms with van der Waals surface area (Å²) in [5.74, 6) is 0.791. The van der Waals surface area contributed by atoms with Gasteiger partial charge in [-0.1, -0.05) is 20.3 Å². The molecule has 1 unspecified atom stereocenters. The smallest absolute Gasteiger partial charge is 0.0635 e. The highest BCUT2D eigenvalue weighted by Gasteiger charge is 2.28. The average molecular weight is 194 g/mol. The average Bonchev–Trinajstić information content (AvgIpc) is 2.95. The van der Waals surface area contributed by atoms with E-state index in [9.17, 15) is 0 Å². The summed E-state index contributed by atoms with van der Waals surface area (Å²) >= 11 is 0. The Bertz CT molecular complexity index is 191. The molecule has 2 heteroatoms. The van der Waals surface area contributed by atoms with Gasteiger partial charge in [-0.25, -0.2) is 0 Å². The minimum atomic E-state index is 0.690. The SMILES string of the molecule is CCCC(C)CN(CCC#N)C1CC1. The first-order valence-electron chi connectivity index (χ1n) is 5.89. The maximum Gasteiger partial charge on any atom is 0.0635 e. The van der Waals surface area contributed by atoms with E-state index in [0.717, 1.165) is 18.5 Å². The Morgan fingerprint density at radius 1 is 1.50 bits per heavy atom. The molecule has 0 heterocycles. The minimum Gasteiger partial charge on any atom is -0.299 e. The zero-order valence-corrected chi connectivity index (χ0v) is 9.50. The van der Waals surface area contributed by atoms with Gasteiger partial charge in [0, 0.05) is 25.6 Å². The number of hydrogen-bond acceptors (Lipinski definition) is 2. The maximum atomic E-state index is 8.58. The molecule has 1 aliphatic rings. The highest BCUT2D eigenvalue weighted by molar-refractivity contribution is 4.87. The second-order valence-electron chi connectivity index (χ2n) is 4.53. The maximum absolute atomic E-state index is 8.58. The normalized spacial score (nSPS) is 18.1. The van der Waals surface area contributed by atoms with Crippen molar-refractivity contribution < 1.29 is 0 Å². The Morgan fingerprint density at radius 2 is 2.21 bits per heavy atom. The van der Waals surface area contributed by atoms with Crippen molar-refractivity contribution in [1.29, 1.82) is 5.26 Å². The van der Waals surface area contributed by atoms with Crippen LogP contribution in [0, 0.1) is 17.2 Å². The fourth-order valence-corrected chi connectivity index (χ4v) is 2.04. The van der Waals surface area contributed by atoms with E-state index >= 15 is 0 Å². The first-order chi connectivity index (χ1) is 6.77. The van der Waals surface area contributed by atoms with Gasteiger partial charge in [-0.3, -0.25) is 4.90 Å². The molecule has 0 aliphatic heterocycles. The van der Waals surface area contributed by atoms with E-state index in [0.29, 0.717) is 6.42 Å². The van der Waals surface area contributed by atoms with Gasteiger partial charge < -0.3 is 0 Å². The fraction of sp³-hybridized carbons (Fsp3) is 0.917. The lowest BCUT2D eigenvalue weighted by atomic mass is 10.1. The lowest BCUT2D eigenvalue weighted by Gasteiger charge is -2.24. The lowest BCUT2D eigenvalue weighted by molar-refractivity contribution is 0.226. The lowest BCUT2D eigenvalue weighted by Crippen LogP contribution is -2.31. The quantitative estimate of drug-likeness (QED) is 0.623. The predicted molar refractivity (Wildman–Crippen MR) is 58.9 cm³/mol. The zero-order valence-electron chi connectivity index (χ0n) is 9.50. The molecule has 0 aromatic rings. The van der Waals surface area contributed by atoms with Crippen molar-refractivity contribution in [3.63, 3.8) is 0 Å². The Labute approximate surface area is 87.9 Å². The van der Waals surface area contributed by atoms with Gasteiger partial charge >= 0.3 is 0 Å². The number of rotatable bonds is 7. The van der Waals surface area contributed by atoms with Crippen LogP contribution in [0.4, 0.5) is 0 Å². The van der Waals surface area contributed by atoms with E-state index in [1.165, 1.54) is 32.2 Å². The number of hydrogen-bond donors (Lipinski definition) is 0. The van der Waals surface area contributed by atoms with Gasteiger partial charge in [0.05, 0.1) is 6.07 Å². The van der Waals surface area contributed by atoms with Crippen molar-refractivity contribution >= 4 is 0 Å². The van der Waals surface area contributed by atoms with E-state index < -0.39 is 0 Å². The van der Waals surface area contributed by atoms with Crippen molar-refractivity contribution in [2.45, 2.75) is 52.0 Å². The predicted octanol–water partition coefficient (Wildman–Crippen LogP) is 2.80. The molecule has 1 fully saturated rings. The van der Waals surface area contributed by atoms with Crippen LogP contribution in [0.25, 0.3) is 0 Å². The van der Waals surface area contributed by atoms with Crippen LogP contribution in [-0.2, 0) is 0 Å². The fourth-order valence-electron chi connectivity index (χ4n) is 2.04. The topological polar surface area (TPSA) is 27.0 Å². The molecule has 80 valence electrons. The molecule has 1 rings (SSSR count). The molecule has 1 aliphatic carbocycles. The van der Waals surface area contributed by atoms with E-state index in [2.05, 4.69) is 24.8 Å². The molecule has 2 nitrogen and oxygen atoms in total. The molecule has 0 aromatic heterocycles. The van der Waals surface area contributed by atoms with Crippen LogP contribution in [-0.4, -0.2) is 24.0 Å². The molecular formula is C12H22N2. The van der Waals surface area contributed by atoms with Gasteiger partial charge in [-0.05, 0) is 25.2 Å². The minimum absolute atomic E-state index is 0.690. The number of nitrogens with zero attached hydrogens (tertiary/aromatic N) is 2. The van der Waals surface area contributed by atoms with E-state index in [1.807, 2.05) is 0 Å². The van der Waals surface area contributed by atoms with Crippen LogP contribution >= 0.6 is 0 Å². The van der Waals surface area contributed by atoms with E-state index in [-0.39, 0.29) is 0 Å². The van der Waals surface area contributed by atoms with E-state index in [1.54, 1.807) is 0 Å². The summed E-state index contributed by atoms with van der Waals surface area (Å²) in [7, 11) is 0.